The molecule has 1 aromatic carbocycles. The maximum Gasteiger partial charge on any atom is 0.416 e. The predicted molar refractivity (Wildman–Crippen MR) is 102 cm³/mol. The van der Waals surface area contributed by atoms with E-state index in [1.807, 2.05) is 0 Å². The summed E-state index contributed by atoms with van der Waals surface area (Å²) in [5.74, 6) is 0.959. The van der Waals surface area contributed by atoms with Gasteiger partial charge in [0.2, 0.25) is 0 Å². The monoisotopic (exact) mass is 403 g/mol. The van der Waals surface area contributed by atoms with Crippen LogP contribution in [0.3, 0.4) is 0 Å². The molecule has 2 aromatic rings. The highest BCUT2D eigenvalue weighted by molar-refractivity contribution is 5.89. The number of hydrogen-bond acceptors (Lipinski definition) is 4. The number of aromatic nitrogens is 1. The average Bonchev–Trinajstić information content (AvgIpc) is 2.72. The summed E-state index contributed by atoms with van der Waals surface area (Å²) >= 11 is 0. The highest BCUT2D eigenvalue weighted by Gasteiger charge is 2.30. The number of piperidine rings is 1. The number of nitriles is 1. The Kier molecular flexibility index (Phi) is 6.22. The quantitative estimate of drug-likeness (QED) is 0.808. The van der Waals surface area contributed by atoms with Crippen LogP contribution in [0.15, 0.2) is 42.6 Å². The summed E-state index contributed by atoms with van der Waals surface area (Å²) in [5.41, 5.74) is 0.0761. The number of halogens is 3. The van der Waals surface area contributed by atoms with E-state index in [0.29, 0.717) is 23.6 Å². The molecule has 2 N–H and O–H groups in total. The molecule has 2 heterocycles. The Labute approximate surface area is 166 Å². The van der Waals surface area contributed by atoms with Crippen molar-refractivity contribution < 1.29 is 18.0 Å². The Morgan fingerprint density at radius 3 is 2.52 bits per heavy atom. The van der Waals surface area contributed by atoms with Crippen LogP contribution >= 0.6 is 0 Å². The van der Waals surface area contributed by atoms with Gasteiger partial charge in [-0.1, -0.05) is 0 Å². The summed E-state index contributed by atoms with van der Waals surface area (Å²) in [5, 5.41) is 14.5. The number of pyridine rings is 1. The SMILES string of the molecule is N#Cc1cccnc1N1CCC(CNC(=O)Nc2ccc(C(F)(F)F)cc2)CC1. The summed E-state index contributed by atoms with van der Waals surface area (Å²) in [6.07, 6.45) is -1.07. The number of amides is 2. The van der Waals surface area contributed by atoms with Crippen molar-refractivity contribution in [3.05, 3.63) is 53.7 Å². The van der Waals surface area contributed by atoms with Crippen molar-refractivity contribution in [1.29, 1.82) is 5.26 Å². The van der Waals surface area contributed by atoms with Gasteiger partial charge in [-0.3, -0.25) is 0 Å². The van der Waals surface area contributed by atoms with E-state index in [0.717, 1.165) is 38.1 Å². The first-order valence-corrected chi connectivity index (χ1v) is 9.19. The minimum atomic E-state index is -4.40. The molecule has 6 nitrogen and oxygen atoms in total. The number of benzene rings is 1. The lowest BCUT2D eigenvalue weighted by atomic mass is 9.96. The zero-order valence-electron chi connectivity index (χ0n) is 15.5. The first-order valence-electron chi connectivity index (χ1n) is 9.19. The van der Waals surface area contributed by atoms with Gasteiger partial charge in [-0.05, 0) is 55.2 Å². The Morgan fingerprint density at radius 2 is 1.90 bits per heavy atom. The van der Waals surface area contributed by atoms with Gasteiger partial charge in [-0.25, -0.2) is 9.78 Å². The first-order chi connectivity index (χ1) is 13.9. The molecular weight excluding hydrogens is 383 g/mol. The van der Waals surface area contributed by atoms with Gasteiger partial charge < -0.3 is 15.5 Å². The molecule has 0 bridgehead atoms. The lowest BCUT2D eigenvalue weighted by molar-refractivity contribution is -0.137. The van der Waals surface area contributed by atoms with Crippen LogP contribution in [0.4, 0.5) is 29.5 Å². The summed E-state index contributed by atoms with van der Waals surface area (Å²) in [6, 6.07) is 9.46. The largest absolute Gasteiger partial charge is 0.416 e. The first kappa shape index (κ1) is 20.5. The molecule has 1 aliphatic rings. The van der Waals surface area contributed by atoms with E-state index in [1.165, 1.54) is 12.1 Å². The highest BCUT2D eigenvalue weighted by atomic mass is 19.4. The van der Waals surface area contributed by atoms with Crippen molar-refractivity contribution in [3.63, 3.8) is 0 Å². The van der Waals surface area contributed by atoms with Gasteiger partial charge in [0.1, 0.15) is 11.9 Å². The number of urea groups is 1. The predicted octanol–water partition coefficient (Wildman–Crippen LogP) is 4.01. The summed E-state index contributed by atoms with van der Waals surface area (Å²) in [4.78, 5) is 18.4. The Bertz CT molecular complexity index is 884. The highest BCUT2D eigenvalue weighted by Crippen LogP contribution is 2.29. The molecule has 0 saturated carbocycles. The Hall–Kier alpha value is -3.28. The van der Waals surface area contributed by atoms with Crippen LogP contribution in [0.5, 0.6) is 0 Å². The van der Waals surface area contributed by atoms with Gasteiger partial charge in [0.15, 0.2) is 0 Å². The lowest BCUT2D eigenvalue weighted by Gasteiger charge is -2.33. The van der Waals surface area contributed by atoms with E-state index in [-0.39, 0.29) is 5.92 Å². The third kappa shape index (κ3) is 5.38. The van der Waals surface area contributed by atoms with Gasteiger partial charge in [-0.15, -0.1) is 0 Å². The van der Waals surface area contributed by atoms with Crippen molar-refractivity contribution >= 4 is 17.5 Å². The lowest BCUT2D eigenvalue weighted by Crippen LogP contribution is -2.40. The van der Waals surface area contributed by atoms with Crippen molar-refractivity contribution in [2.24, 2.45) is 5.92 Å². The van der Waals surface area contributed by atoms with Crippen LogP contribution in [0.25, 0.3) is 0 Å². The van der Waals surface area contributed by atoms with Crippen molar-refractivity contribution in [1.82, 2.24) is 10.3 Å². The number of carbonyl (C=O) groups excluding carboxylic acids is 1. The fraction of sp³-hybridized carbons (Fsp3) is 0.350. The van der Waals surface area contributed by atoms with Gasteiger partial charge >= 0.3 is 12.2 Å². The molecule has 0 aliphatic carbocycles. The van der Waals surface area contributed by atoms with Crippen LogP contribution < -0.4 is 15.5 Å². The molecule has 1 aromatic heterocycles. The molecule has 0 radical (unpaired) electrons. The standard InChI is InChI=1S/C20H20F3N5O/c21-20(22,23)16-3-5-17(6-4-16)27-19(29)26-13-14-7-10-28(11-8-14)18-15(12-24)2-1-9-25-18/h1-6,9,14H,7-8,10-11,13H2,(H2,26,27,29). The molecule has 0 atom stereocenters. The number of alkyl halides is 3. The van der Waals surface area contributed by atoms with Crippen molar-refractivity contribution in [3.8, 4) is 6.07 Å². The molecule has 9 heteroatoms. The third-order valence-corrected chi connectivity index (χ3v) is 4.84. The van der Waals surface area contributed by atoms with Crippen LogP contribution in [-0.4, -0.2) is 30.6 Å². The zero-order chi connectivity index (χ0) is 20.9. The van der Waals surface area contributed by atoms with E-state index in [4.69, 9.17) is 0 Å². The molecule has 2 amide bonds. The fourth-order valence-corrected chi connectivity index (χ4v) is 3.24. The number of anilines is 2. The van der Waals surface area contributed by atoms with Crippen LogP contribution in [0, 0.1) is 17.2 Å². The van der Waals surface area contributed by atoms with Gasteiger partial charge in [-0.2, -0.15) is 18.4 Å². The molecule has 0 unspecified atom stereocenters. The number of carbonyl (C=O) groups is 1. The second-order valence-electron chi connectivity index (χ2n) is 6.83. The van der Waals surface area contributed by atoms with E-state index in [2.05, 4.69) is 26.6 Å². The van der Waals surface area contributed by atoms with Gasteiger partial charge in [0.25, 0.3) is 0 Å². The second-order valence-corrected chi connectivity index (χ2v) is 6.83. The number of hydrogen-bond donors (Lipinski definition) is 2. The van der Waals surface area contributed by atoms with E-state index >= 15 is 0 Å². The topological polar surface area (TPSA) is 81.1 Å². The van der Waals surface area contributed by atoms with Gasteiger partial charge in [0.05, 0.1) is 11.1 Å². The minimum absolute atomic E-state index is 0.277. The van der Waals surface area contributed by atoms with Crippen LogP contribution in [-0.2, 0) is 6.18 Å². The second kappa shape index (κ2) is 8.82. The van der Waals surface area contributed by atoms with Crippen LogP contribution in [0.1, 0.15) is 24.0 Å². The molecule has 29 heavy (non-hydrogen) atoms. The molecular formula is C20H20F3N5O. The Balaban J connectivity index is 1.44. The molecule has 0 spiro atoms. The number of nitrogens with one attached hydrogen (secondary N) is 2. The van der Waals surface area contributed by atoms with E-state index < -0.39 is 17.8 Å². The Morgan fingerprint density at radius 1 is 1.21 bits per heavy atom. The maximum absolute atomic E-state index is 12.6. The summed E-state index contributed by atoms with van der Waals surface area (Å²) < 4.78 is 37.7. The van der Waals surface area contributed by atoms with E-state index in [9.17, 15) is 23.2 Å². The molecule has 1 saturated heterocycles. The smallest absolute Gasteiger partial charge is 0.356 e. The number of nitrogens with zero attached hydrogens (tertiary/aromatic N) is 3. The molecule has 1 fully saturated rings. The maximum atomic E-state index is 12.6. The molecule has 3 rings (SSSR count). The summed E-state index contributed by atoms with van der Waals surface area (Å²) in [7, 11) is 0. The minimum Gasteiger partial charge on any atom is -0.356 e. The fourth-order valence-electron chi connectivity index (χ4n) is 3.24. The zero-order valence-corrected chi connectivity index (χ0v) is 15.5. The summed E-state index contributed by atoms with van der Waals surface area (Å²) in [6.45, 7) is 1.94. The normalized spacial score (nSPS) is 14.9. The van der Waals surface area contributed by atoms with Crippen molar-refractivity contribution in [2.75, 3.05) is 29.9 Å². The van der Waals surface area contributed by atoms with E-state index in [1.54, 1.807) is 18.3 Å². The van der Waals surface area contributed by atoms with Crippen LogP contribution in [0.2, 0.25) is 0 Å². The number of rotatable bonds is 4. The molecule has 152 valence electrons. The molecule has 1 aliphatic heterocycles. The van der Waals surface area contributed by atoms with Crippen molar-refractivity contribution in [2.45, 2.75) is 19.0 Å². The van der Waals surface area contributed by atoms with Gasteiger partial charge in [0, 0.05) is 31.5 Å². The average molecular weight is 403 g/mol. The third-order valence-electron chi connectivity index (χ3n) is 4.84.